The molecule has 0 radical (unpaired) electrons. The Morgan fingerprint density at radius 1 is 1.39 bits per heavy atom. The molecule has 0 spiro atoms. The van der Waals surface area contributed by atoms with E-state index in [1.165, 1.54) is 0 Å². The number of benzene rings is 1. The highest BCUT2D eigenvalue weighted by atomic mass is 32.1. The van der Waals surface area contributed by atoms with Crippen molar-refractivity contribution in [1.82, 2.24) is 0 Å². The molecule has 2 amide bonds. The first-order valence-electron chi connectivity index (χ1n) is 7.83. The minimum absolute atomic E-state index is 0.181. The molecule has 1 N–H and O–H groups in total. The molecule has 1 saturated heterocycles. The van der Waals surface area contributed by atoms with Crippen LogP contribution in [0.5, 0.6) is 0 Å². The third kappa shape index (κ3) is 3.59. The summed E-state index contributed by atoms with van der Waals surface area (Å²) < 4.78 is 5.32. The van der Waals surface area contributed by atoms with Crippen LogP contribution in [0.25, 0.3) is 0 Å². The van der Waals surface area contributed by atoms with E-state index in [1.54, 1.807) is 6.92 Å². The van der Waals surface area contributed by atoms with Gasteiger partial charge < -0.3 is 9.84 Å². The number of likely N-dealkylation sites (tertiary alicyclic amines) is 1. The van der Waals surface area contributed by atoms with Gasteiger partial charge in [0.1, 0.15) is 18.7 Å². The molecule has 0 aliphatic carbocycles. The lowest BCUT2D eigenvalue weighted by Crippen LogP contribution is -2.61. The maximum atomic E-state index is 12.7. The lowest BCUT2D eigenvalue weighted by Gasteiger charge is -2.31. The zero-order chi connectivity index (χ0) is 17.0. The number of amides is 2. The second-order valence-electron chi connectivity index (χ2n) is 6.26. The Hall–Kier alpha value is -1.37. The maximum Gasteiger partial charge on any atom is 0.521 e. The van der Waals surface area contributed by atoms with Gasteiger partial charge in [-0.1, -0.05) is 30.3 Å². The summed E-state index contributed by atoms with van der Waals surface area (Å²) in [7, 11) is 0. The van der Waals surface area contributed by atoms with Crippen LogP contribution >= 0.6 is 12.6 Å². The van der Waals surface area contributed by atoms with Gasteiger partial charge in [0.25, 0.3) is 0 Å². The second kappa shape index (κ2) is 7.47. The van der Waals surface area contributed by atoms with Crippen LogP contribution in [0, 0.1) is 5.92 Å². The van der Waals surface area contributed by atoms with Crippen LogP contribution < -0.4 is 0 Å². The number of quaternary nitrogens is 1. The summed E-state index contributed by atoms with van der Waals surface area (Å²) in [5, 5.41) is 9.72. The Morgan fingerprint density at radius 3 is 2.61 bits per heavy atom. The van der Waals surface area contributed by atoms with Gasteiger partial charge >= 0.3 is 12.0 Å². The van der Waals surface area contributed by atoms with Crippen molar-refractivity contribution in [2.75, 3.05) is 12.3 Å². The van der Waals surface area contributed by atoms with E-state index in [1.807, 2.05) is 37.3 Å². The van der Waals surface area contributed by atoms with Gasteiger partial charge in [-0.05, 0) is 19.4 Å². The molecule has 126 valence electrons. The van der Waals surface area contributed by atoms with Crippen molar-refractivity contribution in [3.8, 4) is 0 Å². The number of carboxylic acid groups (broad SMARTS) is 1. The van der Waals surface area contributed by atoms with Crippen molar-refractivity contribution in [3.63, 3.8) is 0 Å². The van der Waals surface area contributed by atoms with E-state index >= 15 is 0 Å². The summed E-state index contributed by atoms with van der Waals surface area (Å²) >= 11 is 4.14. The molecule has 1 aliphatic heterocycles. The summed E-state index contributed by atoms with van der Waals surface area (Å²) in [5.74, 6) is -0.343. The highest BCUT2D eigenvalue weighted by Crippen LogP contribution is 2.32. The van der Waals surface area contributed by atoms with Crippen LogP contribution in [-0.2, 0) is 16.1 Å². The van der Waals surface area contributed by atoms with Crippen LogP contribution in [-0.4, -0.2) is 46.0 Å². The number of carbonyl (C=O) groups excluding carboxylic acids is 1. The van der Waals surface area contributed by atoms with Gasteiger partial charge in [-0.15, -0.1) is 0 Å². The number of hydrogen-bond donors (Lipinski definition) is 2. The van der Waals surface area contributed by atoms with Gasteiger partial charge in [-0.2, -0.15) is 21.9 Å². The molecule has 1 aromatic rings. The lowest BCUT2D eigenvalue weighted by atomic mass is 10.1. The Balaban J connectivity index is 2.10. The fraction of sp³-hybridized carbons (Fsp3) is 0.529. The number of nitrogens with zero attached hydrogens (tertiary/aromatic N) is 1. The van der Waals surface area contributed by atoms with Crippen molar-refractivity contribution in [1.29, 1.82) is 0 Å². The molecule has 2 rings (SSSR count). The number of hydrogen-bond acceptors (Lipinski definition) is 4. The second-order valence-corrected chi connectivity index (χ2v) is 6.62. The molecule has 23 heavy (non-hydrogen) atoms. The largest absolute Gasteiger partial charge is 0.521 e. The zero-order valence-corrected chi connectivity index (χ0v) is 14.4. The fourth-order valence-corrected chi connectivity index (χ4v) is 3.34. The minimum atomic E-state index is -1.10. The first-order chi connectivity index (χ1) is 10.9. The molecular formula is C17H24NO4S+. The van der Waals surface area contributed by atoms with E-state index in [-0.39, 0.29) is 24.6 Å². The van der Waals surface area contributed by atoms with E-state index in [9.17, 15) is 14.7 Å². The predicted octanol–water partition coefficient (Wildman–Crippen LogP) is 2.95. The standard InChI is InChI=1S/C17H23NO4S/c1-12(11-23)16(19)18(17(20)21)9-15(8-13(18)2)22-10-14-6-4-3-5-7-14/h3-7,12-13,15H,8-11H2,1-2H3,(H-,20,21,23)/p+1/t12?,13-,15-,18-/m1/s1. The summed E-state index contributed by atoms with van der Waals surface area (Å²) in [6.07, 6.45) is -0.774. The van der Waals surface area contributed by atoms with Gasteiger partial charge in [-0.25, -0.2) is 4.79 Å². The van der Waals surface area contributed by atoms with E-state index in [2.05, 4.69) is 12.6 Å². The molecule has 1 aliphatic rings. The van der Waals surface area contributed by atoms with Crippen LogP contribution in [0.4, 0.5) is 4.79 Å². The number of imide groups is 1. The average Bonchev–Trinajstić information content (AvgIpc) is 2.90. The third-order valence-corrected chi connectivity index (χ3v) is 5.15. The molecule has 6 heteroatoms. The number of carbonyl (C=O) groups is 2. The van der Waals surface area contributed by atoms with Gasteiger partial charge in [-0.3, -0.25) is 0 Å². The Morgan fingerprint density at radius 2 is 2.04 bits per heavy atom. The smallest absolute Gasteiger partial charge is 0.435 e. The Kier molecular flexibility index (Phi) is 5.84. The molecule has 0 saturated carbocycles. The molecule has 1 unspecified atom stereocenters. The molecule has 1 fully saturated rings. The molecule has 0 bridgehead atoms. The molecule has 4 atom stereocenters. The van der Waals surface area contributed by atoms with E-state index in [4.69, 9.17) is 4.74 Å². The van der Waals surface area contributed by atoms with Gasteiger partial charge in [0.15, 0.2) is 0 Å². The van der Waals surface area contributed by atoms with Crippen molar-refractivity contribution < 1.29 is 23.9 Å². The minimum Gasteiger partial charge on any atom is -0.435 e. The van der Waals surface area contributed by atoms with Crippen LogP contribution in [0.1, 0.15) is 25.8 Å². The number of ether oxygens (including phenoxy) is 1. The third-order valence-electron chi connectivity index (χ3n) is 4.61. The molecule has 0 aromatic heterocycles. The normalized spacial score (nSPS) is 28.5. The Bertz CT molecular complexity index is 565. The van der Waals surface area contributed by atoms with E-state index in [0.717, 1.165) is 5.56 Å². The van der Waals surface area contributed by atoms with Gasteiger partial charge in [0.05, 0.1) is 12.5 Å². The van der Waals surface area contributed by atoms with Crippen LogP contribution in [0.2, 0.25) is 0 Å². The van der Waals surface area contributed by atoms with Gasteiger partial charge in [0.2, 0.25) is 0 Å². The van der Waals surface area contributed by atoms with Crippen molar-refractivity contribution in [3.05, 3.63) is 35.9 Å². The van der Waals surface area contributed by atoms with E-state index < -0.39 is 16.5 Å². The zero-order valence-electron chi connectivity index (χ0n) is 13.5. The quantitative estimate of drug-likeness (QED) is 0.640. The SMILES string of the molecule is CC(CS)C(=O)[N@@+]1(C(=O)O)C[C@H](OCc2ccccc2)C[C@H]1C. The monoisotopic (exact) mass is 338 g/mol. The van der Waals surface area contributed by atoms with Crippen molar-refractivity contribution in [2.45, 2.75) is 39.0 Å². The van der Waals surface area contributed by atoms with Crippen LogP contribution in [0.3, 0.4) is 0 Å². The topological polar surface area (TPSA) is 63.6 Å². The molecule has 1 aromatic carbocycles. The van der Waals surface area contributed by atoms with Gasteiger partial charge in [0, 0.05) is 12.2 Å². The van der Waals surface area contributed by atoms with Crippen LogP contribution in [0.15, 0.2) is 30.3 Å². The molecule has 5 nitrogen and oxygen atoms in total. The first kappa shape index (κ1) is 18.0. The Labute approximate surface area is 142 Å². The van der Waals surface area contributed by atoms with E-state index in [0.29, 0.717) is 18.8 Å². The summed E-state index contributed by atoms with van der Waals surface area (Å²) in [6, 6.07) is 9.43. The number of thiol groups is 1. The highest BCUT2D eigenvalue weighted by Gasteiger charge is 2.57. The maximum absolute atomic E-state index is 12.7. The van der Waals surface area contributed by atoms with Crippen molar-refractivity contribution in [2.24, 2.45) is 5.92 Å². The fourth-order valence-electron chi connectivity index (χ4n) is 3.18. The highest BCUT2D eigenvalue weighted by molar-refractivity contribution is 7.80. The van der Waals surface area contributed by atoms with Crippen molar-refractivity contribution >= 4 is 24.6 Å². The summed E-state index contributed by atoms with van der Waals surface area (Å²) in [4.78, 5) is 24.5. The number of rotatable bonds is 5. The predicted molar refractivity (Wildman–Crippen MR) is 90.3 cm³/mol. The average molecular weight is 338 g/mol. The first-order valence-corrected chi connectivity index (χ1v) is 8.47. The summed E-state index contributed by atoms with van der Waals surface area (Å²) in [6.45, 7) is 4.14. The lowest BCUT2D eigenvalue weighted by molar-refractivity contribution is -0.795. The molecule has 1 heterocycles. The summed E-state index contributed by atoms with van der Waals surface area (Å²) in [5.41, 5.74) is 1.04. The molecular weight excluding hydrogens is 314 g/mol.